The van der Waals surface area contributed by atoms with Crippen LogP contribution in [0.5, 0.6) is 0 Å². The number of rotatable bonds is 3. The third-order valence-electron chi connectivity index (χ3n) is 2.96. The van der Waals surface area contributed by atoms with E-state index in [4.69, 9.17) is 11.6 Å². The fraction of sp³-hybridized carbons (Fsp3) is 0.385. The summed E-state index contributed by atoms with van der Waals surface area (Å²) in [5, 5.41) is 0. The summed E-state index contributed by atoms with van der Waals surface area (Å²) < 4.78 is 1.90. The van der Waals surface area contributed by atoms with Crippen LogP contribution in [0.25, 0.3) is 11.0 Å². The van der Waals surface area contributed by atoms with Crippen molar-refractivity contribution < 1.29 is 4.79 Å². The molecular formula is C13H16ClN3O. The van der Waals surface area contributed by atoms with Crippen molar-refractivity contribution in [2.24, 2.45) is 0 Å². The number of amides is 1. The molecule has 0 spiro atoms. The molecular weight excluding hydrogens is 250 g/mol. The minimum Gasteiger partial charge on any atom is -0.347 e. The minimum atomic E-state index is 0.0314. The highest BCUT2D eigenvalue weighted by atomic mass is 35.5. The molecule has 4 nitrogen and oxygen atoms in total. The number of carbonyl (C=O) groups excluding carboxylic acids is 1. The standard InChI is InChI=1S/C13H16ClN3O/c1-9-5-4-6-10-13(9)17(11(7-14)15-10)8-12(18)16(2)3/h4-6H,7-8H2,1-3H3. The molecule has 1 amide bonds. The summed E-state index contributed by atoms with van der Waals surface area (Å²) in [7, 11) is 3.49. The van der Waals surface area contributed by atoms with Crippen LogP contribution < -0.4 is 0 Å². The van der Waals surface area contributed by atoms with Crippen molar-refractivity contribution in [2.75, 3.05) is 14.1 Å². The van der Waals surface area contributed by atoms with Crippen molar-refractivity contribution in [3.8, 4) is 0 Å². The second-order valence-electron chi connectivity index (χ2n) is 4.48. The molecule has 5 heteroatoms. The summed E-state index contributed by atoms with van der Waals surface area (Å²) in [6, 6.07) is 5.91. The molecule has 1 aromatic heterocycles. The average molecular weight is 266 g/mol. The Labute approximate surface area is 111 Å². The largest absolute Gasteiger partial charge is 0.347 e. The zero-order valence-corrected chi connectivity index (χ0v) is 11.5. The zero-order valence-electron chi connectivity index (χ0n) is 10.8. The van der Waals surface area contributed by atoms with Gasteiger partial charge in [-0.05, 0) is 18.6 Å². The molecule has 0 saturated carbocycles. The van der Waals surface area contributed by atoms with Crippen LogP contribution in [0.1, 0.15) is 11.4 Å². The molecule has 0 aliphatic carbocycles. The Morgan fingerprint density at radius 3 is 2.78 bits per heavy atom. The Morgan fingerprint density at radius 2 is 2.17 bits per heavy atom. The molecule has 0 bridgehead atoms. The number of hydrogen-bond acceptors (Lipinski definition) is 2. The summed E-state index contributed by atoms with van der Waals surface area (Å²) in [6.45, 7) is 2.29. The number of aromatic nitrogens is 2. The van der Waals surface area contributed by atoms with Crippen LogP contribution in [0, 0.1) is 6.92 Å². The predicted molar refractivity (Wildman–Crippen MR) is 72.7 cm³/mol. The van der Waals surface area contributed by atoms with Gasteiger partial charge in [-0.3, -0.25) is 4.79 Å². The molecule has 96 valence electrons. The van der Waals surface area contributed by atoms with Crippen LogP contribution >= 0.6 is 11.6 Å². The number of para-hydroxylation sites is 1. The van der Waals surface area contributed by atoms with E-state index in [1.807, 2.05) is 29.7 Å². The fourth-order valence-corrected chi connectivity index (χ4v) is 2.17. The molecule has 0 saturated heterocycles. The first-order chi connectivity index (χ1) is 8.54. The number of alkyl halides is 1. The third kappa shape index (κ3) is 2.20. The van der Waals surface area contributed by atoms with Gasteiger partial charge in [0.25, 0.3) is 0 Å². The summed E-state index contributed by atoms with van der Waals surface area (Å²) in [5.41, 5.74) is 2.98. The van der Waals surface area contributed by atoms with Crippen molar-refractivity contribution in [2.45, 2.75) is 19.3 Å². The van der Waals surface area contributed by atoms with Crippen LogP contribution in [0.2, 0.25) is 0 Å². The second kappa shape index (κ2) is 4.98. The van der Waals surface area contributed by atoms with E-state index in [2.05, 4.69) is 4.98 Å². The number of hydrogen-bond donors (Lipinski definition) is 0. The zero-order chi connectivity index (χ0) is 13.3. The topological polar surface area (TPSA) is 38.1 Å². The van der Waals surface area contributed by atoms with Gasteiger partial charge in [-0.2, -0.15) is 0 Å². The minimum absolute atomic E-state index is 0.0314. The van der Waals surface area contributed by atoms with E-state index in [0.717, 1.165) is 22.4 Å². The predicted octanol–water partition coefficient (Wildman–Crippen LogP) is 2.17. The van der Waals surface area contributed by atoms with Gasteiger partial charge in [-0.15, -0.1) is 11.6 Å². The smallest absolute Gasteiger partial charge is 0.242 e. The van der Waals surface area contributed by atoms with Gasteiger partial charge in [-0.25, -0.2) is 4.98 Å². The van der Waals surface area contributed by atoms with E-state index < -0.39 is 0 Å². The summed E-state index contributed by atoms with van der Waals surface area (Å²) >= 11 is 5.91. The van der Waals surface area contributed by atoms with Crippen LogP contribution in [-0.4, -0.2) is 34.5 Å². The molecule has 0 N–H and O–H groups in total. The maximum atomic E-state index is 11.9. The SMILES string of the molecule is Cc1cccc2nc(CCl)n(CC(=O)N(C)C)c12. The van der Waals surface area contributed by atoms with Gasteiger partial charge in [0.15, 0.2) is 0 Å². The first kappa shape index (κ1) is 12.9. The Bertz CT molecular complexity index is 589. The molecule has 0 aliphatic rings. The monoisotopic (exact) mass is 265 g/mol. The number of carbonyl (C=O) groups is 1. The fourth-order valence-electron chi connectivity index (χ4n) is 1.96. The Hall–Kier alpha value is -1.55. The van der Waals surface area contributed by atoms with Gasteiger partial charge in [0.05, 0.1) is 16.9 Å². The van der Waals surface area contributed by atoms with Gasteiger partial charge >= 0.3 is 0 Å². The number of aryl methyl sites for hydroxylation is 1. The Kier molecular flexibility index (Phi) is 3.57. The number of benzene rings is 1. The summed E-state index contributed by atoms with van der Waals surface area (Å²) in [6.07, 6.45) is 0. The molecule has 0 aliphatic heterocycles. The molecule has 1 heterocycles. The van der Waals surface area contributed by atoms with Crippen LogP contribution in [0.15, 0.2) is 18.2 Å². The number of fused-ring (bicyclic) bond motifs is 1. The number of likely N-dealkylation sites (N-methyl/N-ethyl adjacent to an activating group) is 1. The van der Waals surface area contributed by atoms with Gasteiger partial charge in [0.2, 0.25) is 5.91 Å². The molecule has 0 radical (unpaired) electrons. The van der Waals surface area contributed by atoms with Crippen molar-refractivity contribution in [3.63, 3.8) is 0 Å². The number of halogens is 1. The molecule has 1 aromatic carbocycles. The first-order valence-corrected chi connectivity index (χ1v) is 6.29. The van der Waals surface area contributed by atoms with Crippen molar-refractivity contribution in [1.82, 2.24) is 14.5 Å². The third-order valence-corrected chi connectivity index (χ3v) is 3.20. The van der Waals surface area contributed by atoms with Crippen LogP contribution in [0.3, 0.4) is 0 Å². The van der Waals surface area contributed by atoms with Crippen LogP contribution in [-0.2, 0) is 17.2 Å². The van der Waals surface area contributed by atoms with Crippen LogP contribution in [0.4, 0.5) is 0 Å². The van der Waals surface area contributed by atoms with Gasteiger partial charge in [-0.1, -0.05) is 12.1 Å². The van der Waals surface area contributed by atoms with E-state index in [1.54, 1.807) is 19.0 Å². The maximum absolute atomic E-state index is 11.9. The van der Waals surface area contributed by atoms with Gasteiger partial charge in [0.1, 0.15) is 12.4 Å². The Balaban J connectivity index is 2.56. The van der Waals surface area contributed by atoms with Crippen molar-refractivity contribution in [3.05, 3.63) is 29.6 Å². The lowest BCUT2D eigenvalue weighted by Crippen LogP contribution is -2.27. The van der Waals surface area contributed by atoms with E-state index in [0.29, 0.717) is 5.88 Å². The van der Waals surface area contributed by atoms with E-state index >= 15 is 0 Å². The second-order valence-corrected chi connectivity index (χ2v) is 4.75. The summed E-state index contributed by atoms with van der Waals surface area (Å²) in [5.74, 6) is 1.06. The normalized spacial score (nSPS) is 10.9. The highest BCUT2D eigenvalue weighted by Crippen LogP contribution is 2.21. The molecule has 2 rings (SSSR count). The number of nitrogens with zero attached hydrogens (tertiary/aromatic N) is 3. The highest BCUT2D eigenvalue weighted by molar-refractivity contribution is 6.16. The van der Waals surface area contributed by atoms with E-state index in [9.17, 15) is 4.79 Å². The highest BCUT2D eigenvalue weighted by Gasteiger charge is 2.15. The van der Waals surface area contributed by atoms with E-state index in [-0.39, 0.29) is 12.5 Å². The van der Waals surface area contributed by atoms with Gasteiger partial charge in [0, 0.05) is 14.1 Å². The quantitative estimate of drug-likeness (QED) is 0.798. The van der Waals surface area contributed by atoms with Crippen molar-refractivity contribution in [1.29, 1.82) is 0 Å². The van der Waals surface area contributed by atoms with Crippen molar-refractivity contribution >= 4 is 28.5 Å². The molecule has 0 unspecified atom stereocenters. The summed E-state index contributed by atoms with van der Waals surface area (Å²) in [4.78, 5) is 17.9. The first-order valence-electron chi connectivity index (χ1n) is 5.75. The molecule has 18 heavy (non-hydrogen) atoms. The lowest BCUT2D eigenvalue weighted by molar-refractivity contribution is -0.129. The maximum Gasteiger partial charge on any atom is 0.242 e. The molecule has 0 fully saturated rings. The van der Waals surface area contributed by atoms with Gasteiger partial charge < -0.3 is 9.47 Å². The average Bonchev–Trinajstić information content (AvgIpc) is 2.68. The lowest BCUT2D eigenvalue weighted by Gasteiger charge is -2.13. The molecule has 2 aromatic rings. The Morgan fingerprint density at radius 1 is 1.44 bits per heavy atom. The number of imidazole rings is 1. The molecule has 0 atom stereocenters. The van der Waals surface area contributed by atoms with E-state index in [1.165, 1.54) is 0 Å². The lowest BCUT2D eigenvalue weighted by atomic mass is 10.2.